The third kappa shape index (κ3) is 3.60. The molecule has 6 heteroatoms. The van der Waals surface area contributed by atoms with E-state index in [1.807, 2.05) is 0 Å². The molecular formula is C14H20N2O4. The van der Waals surface area contributed by atoms with Gasteiger partial charge in [-0.05, 0) is 18.9 Å². The highest BCUT2D eigenvalue weighted by atomic mass is 16.3. The van der Waals surface area contributed by atoms with Crippen molar-refractivity contribution in [1.29, 1.82) is 0 Å². The van der Waals surface area contributed by atoms with Crippen molar-refractivity contribution in [3.05, 3.63) is 24.2 Å². The van der Waals surface area contributed by atoms with Gasteiger partial charge in [-0.3, -0.25) is 9.59 Å². The SMILES string of the molecule is O=C(CCNC(=O)c1ccoc1)NC1(CO)CCCC1. The summed E-state index contributed by atoms with van der Waals surface area (Å²) < 4.78 is 4.81. The Morgan fingerprint density at radius 3 is 2.70 bits per heavy atom. The average molecular weight is 280 g/mol. The molecule has 1 aliphatic rings. The summed E-state index contributed by atoms with van der Waals surface area (Å²) in [5, 5.41) is 15.0. The molecule has 1 heterocycles. The summed E-state index contributed by atoms with van der Waals surface area (Å²) in [7, 11) is 0. The van der Waals surface area contributed by atoms with Crippen LogP contribution < -0.4 is 10.6 Å². The Morgan fingerprint density at radius 2 is 2.10 bits per heavy atom. The van der Waals surface area contributed by atoms with Gasteiger partial charge in [0.2, 0.25) is 5.91 Å². The van der Waals surface area contributed by atoms with Crippen LogP contribution in [0.15, 0.2) is 23.0 Å². The van der Waals surface area contributed by atoms with Gasteiger partial charge in [-0.2, -0.15) is 0 Å². The van der Waals surface area contributed by atoms with Crippen molar-refractivity contribution in [1.82, 2.24) is 10.6 Å². The normalized spacial score (nSPS) is 16.9. The number of furan rings is 1. The molecule has 110 valence electrons. The van der Waals surface area contributed by atoms with Gasteiger partial charge in [0.05, 0.1) is 24.0 Å². The fourth-order valence-corrected chi connectivity index (χ4v) is 2.52. The van der Waals surface area contributed by atoms with Crippen molar-refractivity contribution < 1.29 is 19.1 Å². The molecular weight excluding hydrogens is 260 g/mol. The van der Waals surface area contributed by atoms with Crippen LogP contribution in [0.1, 0.15) is 42.5 Å². The molecule has 0 saturated heterocycles. The quantitative estimate of drug-likeness (QED) is 0.719. The van der Waals surface area contributed by atoms with Gasteiger partial charge in [0.1, 0.15) is 6.26 Å². The van der Waals surface area contributed by atoms with Crippen LogP contribution >= 0.6 is 0 Å². The number of amides is 2. The fraction of sp³-hybridized carbons (Fsp3) is 0.571. The molecule has 3 N–H and O–H groups in total. The summed E-state index contributed by atoms with van der Waals surface area (Å²) in [4.78, 5) is 23.4. The maximum atomic E-state index is 11.8. The first kappa shape index (κ1) is 14.6. The molecule has 2 rings (SSSR count). The predicted molar refractivity (Wildman–Crippen MR) is 72.1 cm³/mol. The highest BCUT2D eigenvalue weighted by Gasteiger charge is 2.34. The number of carbonyl (C=O) groups is 2. The lowest BCUT2D eigenvalue weighted by Crippen LogP contribution is -2.49. The van der Waals surface area contributed by atoms with Crippen LogP contribution in [0.3, 0.4) is 0 Å². The van der Waals surface area contributed by atoms with Crippen LogP contribution in [-0.2, 0) is 4.79 Å². The molecule has 0 radical (unpaired) electrons. The van der Waals surface area contributed by atoms with E-state index in [9.17, 15) is 14.7 Å². The minimum absolute atomic E-state index is 0.0277. The highest BCUT2D eigenvalue weighted by molar-refractivity contribution is 5.94. The third-order valence-electron chi connectivity index (χ3n) is 3.69. The molecule has 6 nitrogen and oxygen atoms in total. The smallest absolute Gasteiger partial charge is 0.254 e. The van der Waals surface area contributed by atoms with Crippen LogP contribution in [0.5, 0.6) is 0 Å². The van der Waals surface area contributed by atoms with Crippen LogP contribution in [0.25, 0.3) is 0 Å². The Balaban J connectivity index is 1.71. The van der Waals surface area contributed by atoms with E-state index in [2.05, 4.69) is 10.6 Å². The Kier molecular flexibility index (Phi) is 4.79. The maximum absolute atomic E-state index is 11.8. The third-order valence-corrected chi connectivity index (χ3v) is 3.69. The molecule has 2 amide bonds. The van der Waals surface area contributed by atoms with E-state index >= 15 is 0 Å². The minimum atomic E-state index is -0.453. The first-order valence-electron chi connectivity index (χ1n) is 6.87. The number of hydrogen-bond donors (Lipinski definition) is 3. The molecule has 0 bridgehead atoms. The van der Waals surface area contributed by atoms with Gasteiger partial charge < -0.3 is 20.2 Å². The molecule has 1 fully saturated rings. The van der Waals surface area contributed by atoms with Crippen LogP contribution in [0.4, 0.5) is 0 Å². The van der Waals surface area contributed by atoms with E-state index in [-0.39, 0.29) is 31.4 Å². The molecule has 0 unspecified atom stereocenters. The van der Waals surface area contributed by atoms with Gasteiger partial charge in [-0.1, -0.05) is 12.8 Å². The van der Waals surface area contributed by atoms with Crippen LogP contribution in [-0.4, -0.2) is 35.6 Å². The monoisotopic (exact) mass is 280 g/mol. The zero-order valence-electron chi connectivity index (χ0n) is 11.4. The highest BCUT2D eigenvalue weighted by Crippen LogP contribution is 2.29. The van der Waals surface area contributed by atoms with E-state index < -0.39 is 5.54 Å². The van der Waals surface area contributed by atoms with Gasteiger partial charge in [-0.25, -0.2) is 0 Å². The Labute approximate surface area is 117 Å². The minimum Gasteiger partial charge on any atom is -0.472 e. The van der Waals surface area contributed by atoms with Gasteiger partial charge >= 0.3 is 0 Å². The second-order valence-corrected chi connectivity index (χ2v) is 5.21. The van der Waals surface area contributed by atoms with Crippen LogP contribution in [0.2, 0.25) is 0 Å². The van der Waals surface area contributed by atoms with Gasteiger partial charge in [-0.15, -0.1) is 0 Å². The van der Waals surface area contributed by atoms with Crippen molar-refractivity contribution in [2.24, 2.45) is 0 Å². The summed E-state index contributed by atoms with van der Waals surface area (Å²) in [5.41, 5.74) is -0.0147. The summed E-state index contributed by atoms with van der Waals surface area (Å²) in [6.45, 7) is 0.234. The zero-order chi connectivity index (χ0) is 14.4. The van der Waals surface area contributed by atoms with Crippen molar-refractivity contribution in [2.45, 2.75) is 37.6 Å². The van der Waals surface area contributed by atoms with E-state index in [1.165, 1.54) is 12.5 Å². The largest absolute Gasteiger partial charge is 0.472 e. The number of aliphatic hydroxyl groups excluding tert-OH is 1. The number of carbonyl (C=O) groups excluding carboxylic acids is 2. The van der Waals surface area contributed by atoms with E-state index in [1.54, 1.807) is 6.07 Å². The molecule has 0 aromatic carbocycles. The first-order chi connectivity index (χ1) is 9.65. The Hall–Kier alpha value is -1.82. The lowest BCUT2D eigenvalue weighted by molar-refractivity contribution is -0.123. The van der Waals surface area contributed by atoms with E-state index in [0.717, 1.165) is 25.7 Å². The van der Waals surface area contributed by atoms with Crippen molar-refractivity contribution in [3.63, 3.8) is 0 Å². The van der Waals surface area contributed by atoms with Gasteiger partial charge in [0.25, 0.3) is 5.91 Å². The predicted octanol–water partition coefficient (Wildman–Crippen LogP) is 0.821. The molecule has 0 aliphatic heterocycles. The molecule has 1 aromatic rings. The summed E-state index contributed by atoms with van der Waals surface area (Å²) >= 11 is 0. The lowest BCUT2D eigenvalue weighted by atomic mass is 9.99. The zero-order valence-corrected chi connectivity index (χ0v) is 11.4. The summed E-state index contributed by atoms with van der Waals surface area (Å²) in [6.07, 6.45) is 6.66. The first-order valence-corrected chi connectivity index (χ1v) is 6.87. The van der Waals surface area contributed by atoms with Gasteiger partial charge in [0.15, 0.2) is 0 Å². The lowest BCUT2D eigenvalue weighted by Gasteiger charge is -2.28. The van der Waals surface area contributed by atoms with Crippen LogP contribution in [0, 0.1) is 0 Å². The van der Waals surface area contributed by atoms with Crippen molar-refractivity contribution in [3.8, 4) is 0 Å². The van der Waals surface area contributed by atoms with E-state index in [0.29, 0.717) is 5.56 Å². The van der Waals surface area contributed by atoms with E-state index in [4.69, 9.17) is 4.42 Å². The summed E-state index contributed by atoms with van der Waals surface area (Å²) in [5.74, 6) is -0.405. The average Bonchev–Trinajstić information content (AvgIpc) is 3.10. The number of hydrogen-bond acceptors (Lipinski definition) is 4. The topological polar surface area (TPSA) is 91.6 Å². The number of aliphatic hydroxyl groups is 1. The maximum Gasteiger partial charge on any atom is 0.254 e. The molecule has 20 heavy (non-hydrogen) atoms. The molecule has 1 aromatic heterocycles. The standard InChI is InChI=1S/C14H20N2O4/c17-10-14(5-1-2-6-14)16-12(18)3-7-15-13(19)11-4-8-20-9-11/h4,8-9,17H,1-3,5-7,10H2,(H,15,19)(H,16,18). The second-order valence-electron chi connectivity index (χ2n) is 5.21. The van der Waals surface area contributed by atoms with Crippen molar-refractivity contribution in [2.75, 3.05) is 13.2 Å². The Bertz CT molecular complexity index is 450. The van der Waals surface area contributed by atoms with Crippen molar-refractivity contribution >= 4 is 11.8 Å². The Morgan fingerprint density at radius 1 is 1.35 bits per heavy atom. The number of nitrogens with one attached hydrogen (secondary N) is 2. The van der Waals surface area contributed by atoms with Gasteiger partial charge in [0, 0.05) is 13.0 Å². The molecule has 0 spiro atoms. The second kappa shape index (κ2) is 6.56. The number of rotatable bonds is 6. The molecule has 1 saturated carbocycles. The fourth-order valence-electron chi connectivity index (χ4n) is 2.52. The summed E-state index contributed by atoms with van der Waals surface area (Å²) in [6, 6.07) is 1.56. The molecule has 0 atom stereocenters. The molecule has 1 aliphatic carbocycles.